The highest BCUT2D eigenvalue weighted by Crippen LogP contribution is 2.43. The normalized spacial score (nSPS) is 24.9. The van der Waals surface area contributed by atoms with Crippen molar-refractivity contribution >= 4 is 11.3 Å². The molecule has 0 spiro atoms. The molecule has 18 heavy (non-hydrogen) atoms. The molecule has 1 aromatic rings. The van der Waals surface area contributed by atoms with Crippen LogP contribution < -0.4 is 5.32 Å². The van der Waals surface area contributed by atoms with Crippen LogP contribution in [-0.4, -0.2) is 6.54 Å². The Hall–Kier alpha value is -0.340. The highest BCUT2D eigenvalue weighted by molar-refractivity contribution is 7.10. The van der Waals surface area contributed by atoms with E-state index >= 15 is 0 Å². The minimum atomic E-state index is 0.558. The highest BCUT2D eigenvalue weighted by atomic mass is 32.1. The summed E-state index contributed by atoms with van der Waals surface area (Å²) in [6, 6.07) is 5.15. The molecule has 2 aliphatic rings. The first kappa shape index (κ1) is 12.7. The van der Waals surface area contributed by atoms with Gasteiger partial charge in [0, 0.05) is 17.5 Å². The third-order valence-electron chi connectivity index (χ3n) is 4.75. The van der Waals surface area contributed by atoms with Crippen molar-refractivity contribution in [2.24, 2.45) is 11.3 Å². The predicted octanol–water partition coefficient (Wildman–Crippen LogP) is 4.76. The maximum Gasteiger partial charge on any atom is 0.0443 e. The van der Waals surface area contributed by atoms with Crippen molar-refractivity contribution in [1.82, 2.24) is 5.32 Å². The Morgan fingerprint density at radius 2 is 2.11 bits per heavy atom. The van der Waals surface area contributed by atoms with Gasteiger partial charge in [-0.3, -0.25) is 0 Å². The highest BCUT2D eigenvalue weighted by Gasteiger charge is 2.35. The minimum Gasteiger partial charge on any atom is -0.308 e. The van der Waals surface area contributed by atoms with E-state index in [2.05, 4.69) is 29.8 Å². The van der Waals surface area contributed by atoms with Crippen LogP contribution in [0.15, 0.2) is 17.5 Å². The van der Waals surface area contributed by atoms with Crippen LogP contribution in [0.5, 0.6) is 0 Å². The maximum atomic E-state index is 3.90. The molecule has 3 rings (SSSR count). The van der Waals surface area contributed by atoms with Crippen molar-refractivity contribution < 1.29 is 0 Å². The van der Waals surface area contributed by atoms with Gasteiger partial charge in [0.05, 0.1) is 0 Å². The molecule has 0 bridgehead atoms. The van der Waals surface area contributed by atoms with E-state index in [0.29, 0.717) is 11.5 Å². The third kappa shape index (κ3) is 2.97. The fraction of sp³-hybridized carbons (Fsp3) is 0.750. The Kier molecular flexibility index (Phi) is 3.76. The molecule has 1 aromatic heterocycles. The maximum absolute atomic E-state index is 3.90. The van der Waals surface area contributed by atoms with Gasteiger partial charge in [0.2, 0.25) is 0 Å². The second kappa shape index (κ2) is 5.34. The van der Waals surface area contributed by atoms with Crippen LogP contribution in [0.3, 0.4) is 0 Å². The molecule has 0 aliphatic heterocycles. The number of hydrogen-bond acceptors (Lipinski definition) is 2. The lowest BCUT2D eigenvalue weighted by atomic mass is 9.75. The molecule has 0 radical (unpaired) electrons. The van der Waals surface area contributed by atoms with E-state index in [9.17, 15) is 0 Å². The van der Waals surface area contributed by atoms with Gasteiger partial charge in [-0.25, -0.2) is 0 Å². The summed E-state index contributed by atoms with van der Waals surface area (Å²) in [6.07, 6.45) is 10.0. The average molecular weight is 263 g/mol. The summed E-state index contributed by atoms with van der Waals surface area (Å²) in [5.41, 5.74) is 0.558. The summed E-state index contributed by atoms with van der Waals surface area (Å²) in [5.74, 6) is 0.913. The molecule has 1 heterocycles. The Morgan fingerprint density at radius 3 is 2.72 bits per heavy atom. The van der Waals surface area contributed by atoms with E-state index in [0.717, 1.165) is 5.92 Å². The van der Waals surface area contributed by atoms with Gasteiger partial charge in [0.25, 0.3) is 0 Å². The van der Waals surface area contributed by atoms with Crippen LogP contribution >= 0.6 is 11.3 Å². The Morgan fingerprint density at radius 1 is 1.33 bits per heavy atom. The summed E-state index contributed by atoms with van der Waals surface area (Å²) < 4.78 is 0. The molecule has 0 saturated heterocycles. The van der Waals surface area contributed by atoms with Gasteiger partial charge in [-0.05, 0) is 48.5 Å². The van der Waals surface area contributed by atoms with Crippen molar-refractivity contribution in [3.05, 3.63) is 22.4 Å². The smallest absolute Gasteiger partial charge is 0.0443 e. The molecule has 1 nitrogen and oxygen atoms in total. The standard InChI is InChI=1S/C16H25NS/c1-16(9-3-2-4-10-16)12-17-15(13-7-8-13)14-6-5-11-18-14/h5-6,11,13,15,17H,2-4,7-10,12H2,1H3. The molecule has 2 aliphatic carbocycles. The van der Waals surface area contributed by atoms with Gasteiger partial charge >= 0.3 is 0 Å². The second-order valence-corrected chi connectivity index (χ2v) is 7.56. The Balaban J connectivity index is 1.59. The van der Waals surface area contributed by atoms with Gasteiger partial charge in [-0.2, -0.15) is 0 Å². The largest absolute Gasteiger partial charge is 0.308 e. The first-order chi connectivity index (χ1) is 8.77. The van der Waals surface area contributed by atoms with Crippen molar-refractivity contribution in [3.8, 4) is 0 Å². The van der Waals surface area contributed by atoms with Crippen LogP contribution in [0, 0.1) is 11.3 Å². The van der Waals surface area contributed by atoms with E-state index in [1.165, 1.54) is 51.5 Å². The molecule has 1 N–H and O–H groups in total. The van der Waals surface area contributed by atoms with Gasteiger partial charge < -0.3 is 5.32 Å². The average Bonchev–Trinajstić information content (AvgIpc) is 3.05. The first-order valence-corrected chi connectivity index (χ1v) is 8.42. The van der Waals surface area contributed by atoms with Crippen LogP contribution in [-0.2, 0) is 0 Å². The molecular formula is C16H25NS. The summed E-state index contributed by atoms with van der Waals surface area (Å²) in [7, 11) is 0. The fourth-order valence-corrected chi connectivity index (χ4v) is 4.23. The van der Waals surface area contributed by atoms with E-state index in [1.807, 2.05) is 11.3 Å². The lowest BCUT2D eigenvalue weighted by Gasteiger charge is -2.35. The topological polar surface area (TPSA) is 12.0 Å². The second-order valence-electron chi connectivity index (χ2n) is 6.58. The molecule has 100 valence electrons. The lowest BCUT2D eigenvalue weighted by molar-refractivity contribution is 0.198. The van der Waals surface area contributed by atoms with Gasteiger partial charge in [0.1, 0.15) is 0 Å². The van der Waals surface area contributed by atoms with E-state index in [-0.39, 0.29) is 0 Å². The SMILES string of the molecule is CC1(CNC(c2cccs2)C2CC2)CCCCC1. The van der Waals surface area contributed by atoms with Crippen LogP contribution in [0.25, 0.3) is 0 Å². The fourth-order valence-electron chi connectivity index (χ4n) is 3.34. The lowest BCUT2D eigenvalue weighted by Crippen LogP contribution is -2.36. The third-order valence-corrected chi connectivity index (χ3v) is 5.71. The van der Waals surface area contributed by atoms with Gasteiger partial charge in [0.15, 0.2) is 0 Å². The van der Waals surface area contributed by atoms with Crippen LogP contribution in [0.4, 0.5) is 0 Å². The molecule has 2 heteroatoms. The molecule has 0 amide bonds. The number of hydrogen-bond donors (Lipinski definition) is 1. The van der Waals surface area contributed by atoms with Crippen LogP contribution in [0.2, 0.25) is 0 Å². The zero-order chi connectivity index (χ0) is 12.4. The summed E-state index contributed by atoms with van der Waals surface area (Å²) in [5, 5.41) is 6.12. The van der Waals surface area contributed by atoms with Gasteiger partial charge in [-0.1, -0.05) is 32.3 Å². The number of thiophene rings is 1. The monoisotopic (exact) mass is 263 g/mol. The zero-order valence-electron chi connectivity index (χ0n) is 11.5. The predicted molar refractivity (Wildman–Crippen MR) is 79.0 cm³/mol. The number of rotatable bonds is 5. The molecule has 1 unspecified atom stereocenters. The van der Waals surface area contributed by atoms with Crippen LogP contribution in [0.1, 0.15) is 62.8 Å². The van der Waals surface area contributed by atoms with E-state index < -0.39 is 0 Å². The molecule has 2 fully saturated rings. The quantitative estimate of drug-likeness (QED) is 0.807. The van der Waals surface area contributed by atoms with Crippen molar-refractivity contribution in [3.63, 3.8) is 0 Å². The van der Waals surface area contributed by atoms with E-state index in [1.54, 1.807) is 4.88 Å². The van der Waals surface area contributed by atoms with Crippen molar-refractivity contribution in [2.45, 2.75) is 57.9 Å². The first-order valence-electron chi connectivity index (χ1n) is 7.54. The minimum absolute atomic E-state index is 0.558. The summed E-state index contributed by atoms with van der Waals surface area (Å²) >= 11 is 1.92. The summed E-state index contributed by atoms with van der Waals surface area (Å²) in [4.78, 5) is 1.55. The van der Waals surface area contributed by atoms with Crippen molar-refractivity contribution in [2.75, 3.05) is 6.54 Å². The van der Waals surface area contributed by atoms with Gasteiger partial charge in [-0.15, -0.1) is 11.3 Å². The molecule has 0 aromatic carbocycles. The Labute approximate surface area is 115 Å². The number of nitrogens with one attached hydrogen (secondary N) is 1. The molecular weight excluding hydrogens is 238 g/mol. The molecule has 1 atom stereocenters. The van der Waals surface area contributed by atoms with E-state index in [4.69, 9.17) is 0 Å². The zero-order valence-corrected chi connectivity index (χ0v) is 12.3. The molecule has 2 saturated carbocycles. The van der Waals surface area contributed by atoms with Crippen molar-refractivity contribution in [1.29, 1.82) is 0 Å². The summed E-state index contributed by atoms with van der Waals surface area (Å²) in [6.45, 7) is 3.70. The Bertz CT molecular complexity index is 360.